The molecule has 0 atom stereocenters. The number of pyridine rings is 1. The minimum Gasteiger partial charge on any atom is -0.493 e. The van der Waals surface area contributed by atoms with E-state index in [0.717, 1.165) is 26.8 Å². The zero-order chi connectivity index (χ0) is 22.1. The van der Waals surface area contributed by atoms with Crippen molar-refractivity contribution in [1.29, 1.82) is 0 Å². The predicted octanol–water partition coefficient (Wildman–Crippen LogP) is 4.36. The van der Waals surface area contributed by atoms with E-state index in [2.05, 4.69) is 20.4 Å². The summed E-state index contributed by atoms with van der Waals surface area (Å²) in [6, 6.07) is 15.5. The van der Waals surface area contributed by atoms with E-state index >= 15 is 0 Å². The van der Waals surface area contributed by atoms with E-state index in [4.69, 9.17) is 9.47 Å². The van der Waals surface area contributed by atoms with Gasteiger partial charge < -0.3 is 9.47 Å². The number of methoxy groups -OCH3 is 2. The van der Waals surface area contributed by atoms with Gasteiger partial charge in [-0.05, 0) is 11.6 Å². The van der Waals surface area contributed by atoms with Crippen molar-refractivity contribution >= 4 is 43.6 Å². The Hall–Kier alpha value is -3.98. The van der Waals surface area contributed by atoms with Crippen molar-refractivity contribution in [3.05, 3.63) is 72.1 Å². The van der Waals surface area contributed by atoms with Crippen LogP contribution in [-0.4, -0.2) is 39.9 Å². The van der Waals surface area contributed by atoms with Crippen molar-refractivity contribution in [1.82, 2.24) is 19.7 Å². The summed E-state index contributed by atoms with van der Waals surface area (Å²) in [7, 11) is 3.16. The van der Waals surface area contributed by atoms with Gasteiger partial charge in [0.15, 0.2) is 22.3 Å². The summed E-state index contributed by atoms with van der Waals surface area (Å²) < 4.78 is 13.4. The number of nitrogens with one attached hydrogen (secondary N) is 1. The summed E-state index contributed by atoms with van der Waals surface area (Å²) >= 11 is 1.36. The van der Waals surface area contributed by atoms with Crippen molar-refractivity contribution < 1.29 is 14.3 Å². The zero-order valence-corrected chi connectivity index (χ0v) is 18.2. The average Bonchev–Trinajstić information content (AvgIpc) is 3.41. The molecule has 160 valence electrons. The van der Waals surface area contributed by atoms with Gasteiger partial charge in [-0.15, -0.1) is 0 Å². The van der Waals surface area contributed by atoms with Crippen LogP contribution >= 0.6 is 11.3 Å². The van der Waals surface area contributed by atoms with E-state index in [1.54, 1.807) is 38.7 Å². The highest BCUT2D eigenvalue weighted by Gasteiger charge is 2.15. The number of thiazole rings is 1. The van der Waals surface area contributed by atoms with Crippen molar-refractivity contribution in [2.45, 2.75) is 6.54 Å². The summed E-state index contributed by atoms with van der Waals surface area (Å²) in [6.07, 6.45) is 3.28. The number of aromatic nitrogens is 4. The summed E-state index contributed by atoms with van der Waals surface area (Å²) in [5.41, 5.74) is 3.01. The van der Waals surface area contributed by atoms with E-state index in [9.17, 15) is 4.79 Å². The van der Waals surface area contributed by atoms with Gasteiger partial charge >= 0.3 is 0 Å². The number of rotatable bonds is 6. The molecule has 1 amide bonds. The molecule has 0 unspecified atom stereocenters. The zero-order valence-electron chi connectivity index (χ0n) is 17.4. The molecule has 8 nitrogen and oxygen atoms in total. The normalized spacial score (nSPS) is 11.1. The third kappa shape index (κ3) is 3.74. The summed E-state index contributed by atoms with van der Waals surface area (Å²) in [5, 5.41) is 8.56. The van der Waals surface area contributed by atoms with Gasteiger partial charge in [0.2, 0.25) is 0 Å². The van der Waals surface area contributed by atoms with Crippen LogP contribution in [0.25, 0.3) is 21.3 Å². The number of carbonyl (C=O) groups excluding carboxylic acids is 1. The first-order valence-electron chi connectivity index (χ1n) is 9.84. The van der Waals surface area contributed by atoms with Crippen LogP contribution in [0, 0.1) is 0 Å². The van der Waals surface area contributed by atoms with Gasteiger partial charge in [0, 0.05) is 23.7 Å². The monoisotopic (exact) mass is 445 g/mol. The summed E-state index contributed by atoms with van der Waals surface area (Å²) in [6.45, 7) is 0.613. The van der Waals surface area contributed by atoms with Crippen LogP contribution in [0.2, 0.25) is 0 Å². The number of carbonyl (C=O) groups is 1. The number of benzene rings is 2. The molecular formula is C23H19N5O3S. The fraction of sp³-hybridized carbons (Fsp3) is 0.130. The molecule has 1 N–H and O–H groups in total. The lowest BCUT2D eigenvalue weighted by atomic mass is 10.2. The Morgan fingerprint density at radius 1 is 1.06 bits per heavy atom. The largest absolute Gasteiger partial charge is 0.493 e. The number of nitrogens with zero attached hydrogens (tertiary/aromatic N) is 4. The van der Waals surface area contributed by atoms with E-state index in [0.29, 0.717) is 28.7 Å². The Morgan fingerprint density at radius 3 is 2.62 bits per heavy atom. The number of amides is 1. The number of hydrogen-bond acceptors (Lipinski definition) is 7. The maximum atomic E-state index is 12.8. The van der Waals surface area contributed by atoms with Crippen LogP contribution in [0.1, 0.15) is 15.9 Å². The Balaban J connectivity index is 1.38. The topological polar surface area (TPSA) is 91.2 Å². The second-order valence-corrected chi connectivity index (χ2v) is 8.10. The van der Waals surface area contributed by atoms with Crippen LogP contribution < -0.4 is 14.8 Å². The highest BCUT2D eigenvalue weighted by atomic mass is 32.1. The first-order chi connectivity index (χ1) is 15.6. The van der Waals surface area contributed by atoms with Crippen LogP contribution in [0.15, 0.2) is 60.9 Å². The first kappa shape index (κ1) is 20.0. The third-order valence-electron chi connectivity index (χ3n) is 5.03. The third-order valence-corrected chi connectivity index (χ3v) is 5.96. The van der Waals surface area contributed by atoms with Crippen molar-refractivity contribution in [2.24, 2.45) is 0 Å². The lowest BCUT2D eigenvalue weighted by Gasteiger charge is -2.05. The number of fused-ring (bicyclic) bond motifs is 2. The standard InChI is InChI=1S/C23H19N5O3S/c1-30-18-9-17-20(10-19(18)31-2)32-23(26-17)27-22(29)16-8-15-12-25-28(21(15)24-11-16)13-14-6-4-3-5-7-14/h3-12H,13H2,1-2H3,(H,26,27,29). The Morgan fingerprint density at radius 2 is 1.84 bits per heavy atom. The van der Waals surface area contributed by atoms with Gasteiger partial charge in [-0.2, -0.15) is 5.10 Å². The second-order valence-electron chi connectivity index (χ2n) is 7.07. The molecule has 0 fully saturated rings. The quantitative estimate of drug-likeness (QED) is 0.418. The molecule has 5 aromatic rings. The minimum absolute atomic E-state index is 0.284. The van der Waals surface area contributed by atoms with E-state index in [-0.39, 0.29) is 5.91 Å². The van der Waals surface area contributed by atoms with Gasteiger partial charge in [-0.1, -0.05) is 41.7 Å². The van der Waals surface area contributed by atoms with Crippen molar-refractivity contribution in [3.63, 3.8) is 0 Å². The molecule has 0 aliphatic heterocycles. The van der Waals surface area contributed by atoms with Crippen LogP contribution in [-0.2, 0) is 6.54 Å². The Labute approximate surface area is 187 Å². The highest BCUT2D eigenvalue weighted by Crippen LogP contribution is 2.36. The molecule has 0 aliphatic carbocycles. The molecule has 0 radical (unpaired) electrons. The van der Waals surface area contributed by atoms with Gasteiger partial charge in [0.25, 0.3) is 5.91 Å². The fourth-order valence-corrected chi connectivity index (χ4v) is 4.32. The van der Waals surface area contributed by atoms with E-state index < -0.39 is 0 Å². The molecule has 0 bridgehead atoms. The second kappa shape index (κ2) is 8.27. The number of hydrogen-bond donors (Lipinski definition) is 1. The van der Waals surface area contributed by atoms with Gasteiger partial charge in [-0.3, -0.25) is 10.1 Å². The average molecular weight is 446 g/mol. The lowest BCUT2D eigenvalue weighted by molar-refractivity contribution is 0.102. The number of anilines is 1. The van der Waals surface area contributed by atoms with Gasteiger partial charge in [-0.25, -0.2) is 14.6 Å². The maximum absolute atomic E-state index is 12.8. The smallest absolute Gasteiger partial charge is 0.259 e. The Kier molecular flexibility index (Phi) is 5.16. The Bertz CT molecular complexity index is 1390. The fourth-order valence-electron chi connectivity index (χ4n) is 3.45. The molecule has 32 heavy (non-hydrogen) atoms. The predicted molar refractivity (Wildman–Crippen MR) is 124 cm³/mol. The number of ether oxygens (including phenoxy) is 2. The van der Waals surface area contributed by atoms with E-state index in [1.807, 2.05) is 41.1 Å². The molecule has 0 saturated heterocycles. The molecule has 3 aromatic heterocycles. The molecule has 0 saturated carbocycles. The minimum atomic E-state index is -0.284. The van der Waals surface area contributed by atoms with Crippen LogP contribution in [0.5, 0.6) is 11.5 Å². The lowest BCUT2D eigenvalue weighted by Crippen LogP contribution is -2.12. The highest BCUT2D eigenvalue weighted by molar-refractivity contribution is 7.22. The molecule has 2 aromatic carbocycles. The molecular weight excluding hydrogens is 426 g/mol. The SMILES string of the molecule is COc1cc2nc(NC(=O)c3cnc4c(cnn4Cc4ccccc4)c3)sc2cc1OC. The van der Waals surface area contributed by atoms with Crippen molar-refractivity contribution in [2.75, 3.05) is 19.5 Å². The molecule has 0 spiro atoms. The molecule has 0 aliphatic rings. The van der Waals surface area contributed by atoms with E-state index in [1.165, 1.54) is 11.3 Å². The molecule has 9 heteroatoms. The van der Waals surface area contributed by atoms with Gasteiger partial charge in [0.05, 0.1) is 42.7 Å². The molecule has 3 heterocycles. The summed E-state index contributed by atoms with van der Waals surface area (Å²) in [4.78, 5) is 21.8. The maximum Gasteiger partial charge on any atom is 0.259 e. The first-order valence-corrected chi connectivity index (χ1v) is 10.7. The molecule has 5 rings (SSSR count). The van der Waals surface area contributed by atoms with Crippen LogP contribution in [0.4, 0.5) is 5.13 Å². The van der Waals surface area contributed by atoms with Crippen molar-refractivity contribution in [3.8, 4) is 11.5 Å². The van der Waals surface area contributed by atoms with Gasteiger partial charge in [0.1, 0.15) is 0 Å². The summed E-state index contributed by atoms with van der Waals surface area (Å²) in [5.74, 6) is 0.919. The van der Waals surface area contributed by atoms with Crippen LogP contribution in [0.3, 0.4) is 0 Å².